The number of piperidine rings is 1. The second-order valence-corrected chi connectivity index (χ2v) is 5.68. The first-order valence-electron chi connectivity index (χ1n) is 7.78. The maximum absolute atomic E-state index is 4.58. The average Bonchev–Trinajstić information content (AvgIpc) is 2.55. The minimum Gasteiger partial charge on any atom is -0.372 e. The number of nitrogens with zero attached hydrogens (tertiary/aromatic N) is 2. The van der Waals surface area contributed by atoms with Gasteiger partial charge in [-0.2, -0.15) is 0 Å². The van der Waals surface area contributed by atoms with Crippen molar-refractivity contribution in [2.45, 2.75) is 26.2 Å². The van der Waals surface area contributed by atoms with Gasteiger partial charge in [-0.1, -0.05) is 30.3 Å². The van der Waals surface area contributed by atoms with Gasteiger partial charge in [0, 0.05) is 25.0 Å². The van der Waals surface area contributed by atoms with E-state index >= 15 is 0 Å². The van der Waals surface area contributed by atoms with Crippen LogP contribution < -0.4 is 4.90 Å². The Hall–Kier alpha value is -2.09. The van der Waals surface area contributed by atoms with Crippen molar-refractivity contribution in [3.05, 3.63) is 59.7 Å². The van der Waals surface area contributed by atoms with Gasteiger partial charge in [-0.05, 0) is 55.5 Å². The second kappa shape index (κ2) is 6.57. The van der Waals surface area contributed by atoms with Crippen molar-refractivity contribution in [1.82, 2.24) is 0 Å². The van der Waals surface area contributed by atoms with E-state index in [-0.39, 0.29) is 0 Å². The Labute approximate surface area is 127 Å². The molecular weight excluding hydrogens is 256 g/mol. The first-order chi connectivity index (χ1) is 10.3. The molecule has 1 heterocycles. The summed E-state index contributed by atoms with van der Waals surface area (Å²) in [6.45, 7) is 4.47. The standard InChI is InChI=1S/C19H22N2/c1-16-7-3-4-8-19(16)20-15-17-9-11-18(12-10-17)21-13-5-2-6-14-21/h3-4,7-12,15H,2,5-6,13-14H2,1H3. The predicted octanol–water partition coefficient (Wildman–Crippen LogP) is 4.74. The van der Waals surface area contributed by atoms with Crippen molar-refractivity contribution in [1.29, 1.82) is 0 Å². The first-order valence-corrected chi connectivity index (χ1v) is 7.78. The Morgan fingerprint density at radius 2 is 1.62 bits per heavy atom. The zero-order valence-corrected chi connectivity index (χ0v) is 12.6. The molecule has 0 aliphatic carbocycles. The summed E-state index contributed by atoms with van der Waals surface area (Å²) in [4.78, 5) is 7.06. The fourth-order valence-corrected chi connectivity index (χ4v) is 2.78. The Morgan fingerprint density at radius 1 is 0.905 bits per heavy atom. The van der Waals surface area contributed by atoms with Gasteiger partial charge in [0.2, 0.25) is 0 Å². The predicted molar refractivity (Wildman–Crippen MR) is 90.9 cm³/mol. The molecule has 0 unspecified atom stereocenters. The minimum absolute atomic E-state index is 1.04. The number of hydrogen-bond acceptors (Lipinski definition) is 2. The summed E-state index contributed by atoms with van der Waals surface area (Å²) in [5.74, 6) is 0. The molecule has 2 aromatic carbocycles. The van der Waals surface area contributed by atoms with Crippen molar-refractivity contribution >= 4 is 17.6 Å². The van der Waals surface area contributed by atoms with Crippen LogP contribution in [0.1, 0.15) is 30.4 Å². The normalized spacial score (nSPS) is 15.6. The number of rotatable bonds is 3. The van der Waals surface area contributed by atoms with E-state index in [0.29, 0.717) is 0 Å². The lowest BCUT2D eigenvalue weighted by molar-refractivity contribution is 0.578. The van der Waals surface area contributed by atoms with E-state index in [1.807, 2.05) is 24.4 Å². The summed E-state index contributed by atoms with van der Waals surface area (Å²) in [6, 6.07) is 17.0. The van der Waals surface area contributed by atoms with Gasteiger partial charge in [0.15, 0.2) is 0 Å². The van der Waals surface area contributed by atoms with Gasteiger partial charge < -0.3 is 4.90 Å². The van der Waals surface area contributed by atoms with Crippen molar-refractivity contribution in [3.8, 4) is 0 Å². The van der Waals surface area contributed by atoms with Crippen LogP contribution in [0, 0.1) is 6.92 Å². The molecule has 108 valence electrons. The topological polar surface area (TPSA) is 15.6 Å². The molecule has 1 aliphatic rings. The number of aliphatic imine (C=N–C) groups is 1. The van der Waals surface area contributed by atoms with Crippen LogP contribution in [-0.4, -0.2) is 19.3 Å². The van der Waals surface area contributed by atoms with Crippen LogP contribution in [0.3, 0.4) is 0 Å². The third kappa shape index (κ3) is 3.52. The van der Waals surface area contributed by atoms with E-state index in [1.165, 1.54) is 43.6 Å². The van der Waals surface area contributed by atoms with Crippen LogP contribution >= 0.6 is 0 Å². The van der Waals surface area contributed by atoms with E-state index in [4.69, 9.17) is 0 Å². The van der Waals surface area contributed by atoms with Crippen LogP contribution in [0.2, 0.25) is 0 Å². The highest BCUT2D eigenvalue weighted by molar-refractivity contribution is 5.82. The summed E-state index contributed by atoms with van der Waals surface area (Å²) >= 11 is 0. The molecule has 1 fully saturated rings. The smallest absolute Gasteiger partial charge is 0.0659 e. The van der Waals surface area contributed by atoms with Gasteiger partial charge in [-0.3, -0.25) is 4.99 Å². The average molecular weight is 278 g/mol. The number of benzene rings is 2. The maximum atomic E-state index is 4.58. The van der Waals surface area contributed by atoms with Crippen LogP contribution in [0.5, 0.6) is 0 Å². The molecule has 0 bridgehead atoms. The number of anilines is 1. The molecule has 1 saturated heterocycles. The van der Waals surface area contributed by atoms with E-state index in [0.717, 1.165) is 11.3 Å². The van der Waals surface area contributed by atoms with E-state index in [9.17, 15) is 0 Å². The lowest BCUT2D eigenvalue weighted by atomic mass is 10.1. The quantitative estimate of drug-likeness (QED) is 0.741. The van der Waals surface area contributed by atoms with Gasteiger partial charge in [0.1, 0.15) is 0 Å². The lowest BCUT2D eigenvalue weighted by Gasteiger charge is -2.28. The highest BCUT2D eigenvalue weighted by Gasteiger charge is 2.10. The van der Waals surface area contributed by atoms with E-state index in [2.05, 4.69) is 47.1 Å². The van der Waals surface area contributed by atoms with Crippen molar-refractivity contribution in [2.75, 3.05) is 18.0 Å². The van der Waals surface area contributed by atoms with Crippen molar-refractivity contribution < 1.29 is 0 Å². The SMILES string of the molecule is Cc1ccccc1N=Cc1ccc(N2CCCCC2)cc1. The monoisotopic (exact) mass is 278 g/mol. The summed E-state index contributed by atoms with van der Waals surface area (Å²) in [6.07, 6.45) is 5.95. The summed E-state index contributed by atoms with van der Waals surface area (Å²) < 4.78 is 0. The summed E-state index contributed by atoms with van der Waals surface area (Å²) in [7, 11) is 0. The Morgan fingerprint density at radius 3 is 2.33 bits per heavy atom. The molecule has 0 aromatic heterocycles. The van der Waals surface area contributed by atoms with Crippen LogP contribution in [0.4, 0.5) is 11.4 Å². The maximum Gasteiger partial charge on any atom is 0.0659 e. The third-order valence-corrected chi connectivity index (χ3v) is 4.08. The largest absolute Gasteiger partial charge is 0.372 e. The van der Waals surface area contributed by atoms with Gasteiger partial charge >= 0.3 is 0 Å². The molecule has 3 rings (SSSR count). The van der Waals surface area contributed by atoms with E-state index in [1.54, 1.807) is 0 Å². The molecule has 2 nitrogen and oxygen atoms in total. The number of aryl methyl sites for hydroxylation is 1. The van der Waals surface area contributed by atoms with Gasteiger partial charge in [0.25, 0.3) is 0 Å². The van der Waals surface area contributed by atoms with E-state index < -0.39 is 0 Å². The first kappa shape index (κ1) is 13.9. The highest BCUT2D eigenvalue weighted by atomic mass is 15.1. The number of para-hydroxylation sites is 1. The molecular formula is C19H22N2. The molecule has 0 N–H and O–H groups in total. The number of hydrogen-bond donors (Lipinski definition) is 0. The second-order valence-electron chi connectivity index (χ2n) is 5.68. The highest BCUT2D eigenvalue weighted by Crippen LogP contribution is 2.21. The van der Waals surface area contributed by atoms with Crippen molar-refractivity contribution in [3.63, 3.8) is 0 Å². The Bertz CT molecular complexity index is 608. The molecule has 2 aromatic rings. The molecule has 21 heavy (non-hydrogen) atoms. The zero-order chi connectivity index (χ0) is 14.5. The van der Waals surface area contributed by atoms with Gasteiger partial charge in [-0.25, -0.2) is 0 Å². The molecule has 0 radical (unpaired) electrons. The molecule has 0 spiro atoms. The van der Waals surface area contributed by atoms with Gasteiger partial charge in [-0.15, -0.1) is 0 Å². The third-order valence-electron chi connectivity index (χ3n) is 4.08. The van der Waals surface area contributed by atoms with Crippen LogP contribution in [0.25, 0.3) is 0 Å². The molecule has 0 saturated carbocycles. The molecule has 0 amide bonds. The Balaban J connectivity index is 1.71. The van der Waals surface area contributed by atoms with Gasteiger partial charge in [0.05, 0.1) is 5.69 Å². The minimum atomic E-state index is 1.04. The summed E-state index contributed by atoms with van der Waals surface area (Å²) in [5, 5.41) is 0. The summed E-state index contributed by atoms with van der Waals surface area (Å²) in [5.41, 5.74) is 4.73. The fourth-order valence-electron chi connectivity index (χ4n) is 2.78. The fraction of sp³-hybridized carbons (Fsp3) is 0.316. The molecule has 2 heteroatoms. The molecule has 0 atom stereocenters. The molecule has 1 aliphatic heterocycles. The van der Waals surface area contributed by atoms with Crippen LogP contribution in [-0.2, 0) is 0 Å². The Kier molecular flexibility index (Phi) is 4.34. The zero-order valence-electron chi connectivity index (χ0n) is 12.6. The van der Waals surface area contributed by atoms with Crippen molar-refractivity contribution in [2.24, 2.45) is 4.99 Å². The van der Waals surface area contributed by atoms with Crippen LogP contribution in [0.15, 0.2) is 53.5 Å². The lowest BCUT2D eigenvalue weighted by Crippen LogP contribution is -2.29.